The molecule has 1 aromatic carbocycles. The van der Waals surface area contributed by atoms with E-state index in [0.29, 0.717) is 17.3 Å². The second kappa shape index (κ2) is 9.41. The van der Waals surface area contributed by atoms with Crippen LogP contribution in [0.4, 0.5) is 0 Å². The van der Waals surface area contributed by atoms with Crippen LogP contribution in [0.2, 0.25) is 5.02 Å². The molecule has 0 radical (unpaired) electrons. The van der Waals surface area contributed by atoms with Gasteiger partial charge in [-0.05, 0) is 44.0 Å². The fraction of sp³-hybridized carbons (Fsp3) is 0.350. The number of aryl methyl sites for hydroxylation is 1. The van der Waals surface area contributed by atoms with Crippen molar-refractivity contribution in [3.8, 4) is 11.4 Å². The normalized spacial score (nSPS) is 11.1. The van der Waals surface area contributed by atoms with Gasteiger partial charge in [0.15, 0.2) is 0 Å². The molecule has 7 nitrogen and oxygen atoms in total. The number of nitrogens with zero attached hydrogens (tertiary/aromatic N) is 2. The van der Waals surface area contributed by atoms with Gasteiger partial charge in [0.2, 0.25) is 0 Å². The molecule has 0 unspecified atom stereocenters. The standard InChI is InChI=1S/C20H25ClN4O3/c1-12(2)10-22-19(26)20(27)24-23-11-15-8-13(3)25(14(15)4)16-6-7-18(28-5)17(21)9-16/h6-9,11-12H,10H2,1-5H3,(H,22,26)(H,24,27)/b23-11-. The van der Waals surface area contributed by atoms with Gasteiger partial charge in [-0.2, -0.15) is 5.10 Å². The predicted molar refractivity (Wildman–Crippen MR) is 110 cm³/mol. The van der Waals surface area contributed by atoms with Crippen molar-refractivity contribution >= 4 is 29.6 Å². The molecule has 2 amide bonds. The summed E-state index contributed by atoms with van der Waals surface area (Å²) in [5, 5.41) is 6.95. The average molecular weight is 405 g/mol. The minimum Gasteiger partial charge on any atom is -0.495 e. The van der Waals surface area contributed by atoms with Crippen molar-refractivity contribution in [3.05, 3.63) is 46.2 Å². The Labute approximate surface area is 169 Å². The third-order valence-corrected chi connectivity index (χ3v) is 4.41. The van der Waals surface area contributed by atoms with Crippen LogP contribution < -0.4 is 15.5 Å². The molecular weight excluding hydrogens is 380 g/mol. The van der Waals surface area contributed by atoms with Crippen LogP contribution >= 0.6 is 11.6 Å². The number of benzene rings is 1. The first-order chi connectivity index (χ1) is 13.2. The lowest BCUT2D eigenvalue weighted by Crippen LogP contribution is -2.39. The monoisotopic (exact) mass is 404 g/mol. The first kappa shape index (κ1) is 21.5. The lowest BCUT2D eigenvalue weighted by Gasteiger charge is -2.11. The van der Waals surface area contributed by atoms with Crippen LogP contribution in [-0.4, -0.2) is 36.3 Å². The Morgan fingerprint density at radius 1 is 1.25 bits per heavy atom. The number of ether oxygens (including phenoxy) is 1. The number of amides is 2. The Kier molecular flexibility index (Phi) is 7.23. The van der Waals surface area contributed by atoms with Gasteiger partial charge in [0.05, 0.1) is 18.3 Å². The molecule has 0 bridgehead atoms. The van der Waals surface area contributed by atoms with Crippen LogP contribution in [-0.2, 0) is 9.59 Å². The molecule has 0 fully saturated rings. The van der Waals surface area contributed by atoms with Crippen LogP contribution in [0.1, 0.15) is 30.8 Å². The van der Waals surface area contributed by atoms with Gasteiger partial charge in [0.25, 0.3) is 0 Å². The van der Waals surface area contributed by atoms with E-state index in [1.54, 1.807) is 13.2 Å². The largest absolute Gasteiger partial charge is 0.495 e. The van der Waals surface area contributed by atoms with E-state index in [1.807, 2.05) is 50.5 Å². The Hall–Kier alpha value is -2.80. The van der Waals surface area contributed by atoms with Crippen LogP contribution in [0.25, 0.3) is 5.69 Å². The summed E-state index contributed by atoms with van der Waals surface area (Å²) < 4.78 is 7.21. The van der Waals surface area contributed by atoms with Crippen molar-refractivity contribution in [2.45, 2.75) is 27.7 Å². The molecule has 0 spiro atoms. The highest BCUT2D eigenvalue weighted by Gasteiger charge is 2.14. The smallest absolute Gasteiger partial charge is 0.329 e. The van der Waals surface area contributed by atoms with Crippen molar-refractivity contribution in [3.63, 3.8) is 0 Å². The number of hydrogen-bond donors (Lipinski definition) is 2. The van der Waals surface area contributed by atoms with Crippen molar-refractivity contribution in [1.29, 1.82) is 0 Å². The van der Waals surface area contributed by atoms with Gasteiger partial charge in [-0.3, -0.25) is 9.59 Å². The van der Waals surface area contributed by atoms with Gasteiger partial charge < -0.3 is 14.6 Å². The molecule has 2 N–H and O–H groups in total. The first-order valence-electron chi connectivity index (χ1n) is 8.88. The van der Waals surface area contributed by atoms with Gasteiger partial charge in [0, 0.05) is 29.2 Å². The summed E-state index contributed by atoms with van der Waals surface area (Å²) in [6.45, 7) is 8.22. The van der Waals surface area contributed by atoms with Crippen molar-refractivity contribution < 1.29 is 14.3 Å². The molecule has 0 aliphatic rings. The van der Waals surface area contributed by atoms with Crippen molar-refractivity contribution in [2.75, 3.05) is 13.7 Å². The topological polar surface area (TPSA) is 84.7 Å². The zero-order valence-corrected chi connectivity index (χ0v) is 17.4. The Morgan fingerprint density at radius 2 is 1.96 bits per heavy atom. The number of halogens is 1. The molecule has 2 aromatic rings. The molecule has 0 saturated carbocycles. The first-order valence-corrected chi connectivity index (χ1v) is 9.26. The summed E-state index contributed by atoms with van der Waals surface area (Å²) in [5.41, 5.74) is 5.84. The SMILES string of the molecule is COc1ccc(-n2c(C)cc(/C=N\NC(=O)C(=O)NCC(C)C)c2C)cc1Cl. The van der Waals surface area contributed by atoms with E-state index in [9.17, 15) is 9.59 Å². The Morgan fingerprint density at radius 3 is 2.57 bits per heavy atom. The van der Waals surface area contributed by atoms with Crippen molar-refractivity contribution in [2.24, 2.45) is 11.0 Å². The molecule has 150 valence electrons. The molecule has 0 saturated heterocycles. The number of carbonyl (C=O) groups is 2. The highest BCUT2D eigenvalue weighted by molar-refractivity contribution is 6.35. The van der Waals surface area contributed by atoms with Crippen LogP contribution in [0.5, 0.6) is 5.75 Å². The van der Waals surface area contributed by atoms with E-state index < -0.39 is 11.8 Å². The summed E-state index contributed by atoms with van der Waals surface area (Å²) in [7, 11) is 1.57. The molecular formula is C20H25ClN4O3. The summed E-state index contributed by atoms with van der Waals surface area (Å²) in [6.07, 6.45) is 1.51. The number of nitrogens with one attached hydrogen (secondary N) is 2. The summed E-state index contributed by atoms with van der Waals surface area (Å²) in [4.78, 5) is 23.4. The number of carbonyl (C=O) groups excluding carboxylic acids is 2. The maximum absolute atomic E-state index is 11.8. The van der Waals surface area contributed by atoms with Gasteiger partial charge in [-0.1, -0.05) is 25.4 Å². The summed E-state index contributed by atoms with van der Waals surface area (Å²) in [6, 6.07) is 7.47. The minimum atomic E-state index is -0.798. The molecule has 0 aliphatic heterocycles. The minimum absolute atomic E-state index is 0.261. The predicted octanol–water partition coefficient (Wildman–Crippen LogP) is 2.98. The van der Waals surface area contributed by atoms with E-state index in [1.165, 1.54) is 6.21 Å². The number of methoxy groups -OCH3 is 1. The number of aromatic nitrogens is 1. The molecule has 1 heterocycles. The number of hydrogen-bond acceptors (Lipinski definition) is 4. The van der Waals surface area contributed by atoms with E-state index in [2.05, 4.69) is 15.8 Å². The third-order valence-electron chi connectivity index (χ3n) is 4.11. The van der Waals surface area contributed by atoms with Crippen LogP contribution in [0.15, 0.2) is 29.4 Å². The van der Waals surface area contributed by atoms with Gasteiger partial charge in [-0.25, -0.2) is 5.43 Å². The lowest BCUT2D eigenvalue weighted by atomic mass is 10.2. The van der Waals surface area contributed by atoms with E-state index in [-0.39, 0.29) is 5.92 Å². The molecule has 28 heavy (non-hydrogen) atoms. The highest BCUT2D eigenvalue weighted by atomic mass is 35.5. The molecule has 0 aliphatic carbocycles. The van der Waals surface area contributed by atoms with Gasteiger partial charge in [-0.15, -0.1) is 0 Å². The zero-order chi connectivity index (χ0) is 20.8. The van der Waals surface area contributed by atoms with E-state index >= 15 is 0 Å². The van der Waals surface area contributed by atoms with E-state index in [0.717, 1.165) is 22.6 Å². The fourth-order valence-corrected chi connectivity index (χ4v) is 2.95. The number of hydrazone groups is 1. The average Bonchev–Trinajstić information content (AvgIpc) is 2.93. The van der Waals surface area contributed by atoms with Gasteiger partial charge >= 0.3 is 11.8 Å². The Balaban J connectivity index is 2.13. The maximum atomic E-state index is 11.8. The lowest BCUT2D eigenvalue weighted by molar-refractivity contribution is -0.139. The second-order valence-electron chi connectivity index (χ2n) is 6.78. The third kappa shape index (κ3) is 5.13. The van der Waals surface area contributed by atoms with E-state index in [4.69, 9.17) is 16.3 Å². The maximum Gasteiger partial charge on any atom is 0.329 e. The van der Waals surface area contributed by atoms with Crippen molar-refractivity contribution in [1.82, 2.24) is 15.3 Å². The summed E-state index contributed by atoms with van der Waals surface area (Å²) in [5.74, 6) is -0.637. The molecule has 8 heteroatoms. The second-order valence-corrected chi connectivity index (χ2v) is 7.19. The molecule has 1 aromatic heterocycles. The fourth-order valence-electron chi connectivity index (χ4n) is 2.70. The highest BCUT2D eigenvalue weighted by Crippen LogP contribution is 2.28. The number of rotatable bonds is 6. The van der Waals surface area contributed by atoms with Gasteiger partial charge in [0.1, 0.15) is 5.75 Å². The quantitative estimate of drug-likeness (QED) is 0.441. The Bertz CT molecular complexity index is 903. The molecule has 2 rings (SSSR count). The van der Waals surface area contributed by atoms with Crippen LogP contribution in [0.3, 0.4) is 0 Å². The zero-order valence-electron chi connectivity index (χ0n) is 16.7. The summed E-state index contributed by atoms with van der Waals surface area (Å²) >= 11 is 6.23. The molecule has 0 atom stereocenters. The van der Waals surface area contributed by atoms with Crippen LogP contribution in [0, 0.1) is 19.8 Å².